The molecule has 2 amide bonds. The van der Waals surface area contributed by atoms with E-state index in [9.17, 15) is 9.59 Å². The molecule has 0 atom stereocenters. The molecule has 6 heteroatoms. The van der Waals surface area contributed by atoms with Gasteiger partial charge < -0.3 is 15.1 Å². The summed E-state index contributed by atoms with van der Waals surface area (Å²) in [5.74, 6) is -0.259. The van der Waals surface area contributed by atoms with E-state index in [2.05, 4.69) is 22.2 Å². The number of nitrogens with one attached hydrogen (secondary N) is 1. The predicted octanol–water partition coefficient (Wildman–Crippen LogP) is 1.53. The van der Waals surface area contributed by atoms with E-state index in [0.29, 0.717) is 24.5 Å². The van der Waals surface area contributed by atoms with Gasteiger partial charge in [-0.05, 0) is 32.0 Å². The number of likely N-dealkylation sites (N-methyl/N-ethyl adjacent to an activating group) is 1. The highest BCUT2D eigenvalue weighted by Crippen LogP contribution is 2.17. The molecular formula is C18H26N4O2. The maximum absolute atomic E-state index is 12.6. The van der Waals surface area contributed by atoms with E-state index >= 15 is 0 Å². The zero-order valence-electron chi connectivity index (χ0n) is 14.3. The van der Waals surface area contributed by atoms with Crippen LogP contribution in [0.2, 0.25) is 0 Å². The Labute approximate surface area is 143 Å². The van der Waals surface area contributed by atoms with Crippen molar-refractivity contribution in [3.63, 3.8) is 0 Å². The van der Waals surface area contributed by atoms with Gasteiger partial charge in [0.1, 0.15) is 11.4 Å². The lowest BCUT2D eigenvalue weighted by Gasteiger charge is -2.32. The summed E-state index contributed by atoms with van der Waals surface area (Å²) in [4.78, 5) is 33.3. The first-order valence-corrected chi connectivity index (χ1v) is 8.89. The third-order valence-corrected chi connectivity index (χ3v) is 4.93. The number of pyridine rings is 1. The SMILES string of the molecule is CN1CCN(C(=O)c2cccc(C(=O)NC3CCCCC3)n2)CC1. The summed E-state index contributed by atoms with van der Waals surface area (Å²) in [5.41, 5.74) is 0.691. The lowest BCUT2D eigenvalue weighted by molar-refractivity contribution is 0.0658. The van der Waals surface area contributed by atoms with Crippen LogP contribution in [0.5, 0.6) is 0 Å². The fourth-order valence-electron chi connectivity index (χ4n) is 3.36. The van der Waals surface area contributed by atoms with Gasteiger partial charge in [-0.15, -0.1) is 0 Å². The molecule has 1 aliphatic carbocycles. The van der Waals surface area contributed by atoms with E-state index in [4.69, 9.17) is 0 Å². The average Bonchev–Trinajstić information content (AvgIpc) is 2.63. The third kappa shape index (κ3) is 4.12. The zero-order valence-corrected chi connectivity index (χ0v) is 14.3. The van der Waals surface area contributed by atoms with Gasteiger partial charge in [-0.1, -0.05) is 25.3 Å². The second-order valence-electron chi connectivity index (χ2n) is 6.81. The van der Waals surface area contributed by atoms with Crippen LogP contribution in [0.1, 0.15) is 53.1 Å². The summed E-state index contributed by atoms with van der Waals surface area (Å²) in [5, 5.41) is 3.05. The number of carbonyl (C=O) groups is 2. The lowest BCUT2D eigenvalue weighted by atomic mass is 9.95. The van der Waals surface area contributed by atoms with Crippen molar-refractivity contribution in [3.8, 4) is 0 Å². The van der Waals surface area contributed by atoms with Gasteiger partial charge in [-0.2, -0.15) is 0 Å². The Balaban J connectivity index is 1.64. The Morgan fingerprint density at radius 1 is 1.04 bits per heavy atom. The quantitative estimate of drug-likeness (QED) is 0.913. The first-order valence-electron chi connectivity index (χ1n) is 8.89. The Bertz CT molecular complexity index is 590. The molecule has 1 aliphatic heterocycles. The van der Waals surface area contributed by atoms with Gasteiger partial charge in [-0.25, -0.2) is 4.98 Å². The van der Waals surface area contributed by atoms with Crippen molar-refractivity contribution in [1.82, 2.24) is 20.1 Å². The van der Waals surface area contributed by atoms with Crippen molar-refractivity contribution in [2.75, 3.05) is 33.2 Å². The summed E-state index contributed by atoms with van der Waals surface area (Å²) in [6.45, 7) is 3.15. The molecule has 130 valence electrons. The molecule has 0 unspecified atom stereocenters. The van der Waals surface area contributed by atoms with E-state index in [0.717, 1.165) is 25.9 Å². The smallest absolute Gasteiger partial charge is 0.272 e. The van der Waals surface area contributed by atoms with Crippen molar-refractivity contribution in [3.05, 3.63) is 29.6 Å². The van der Waals surface area contributed by atoms with Gasteiger partial charge >= 0.3 is 0 Å². The van der Waals surface area contributed by atoms with E-state index in [1.165, 1.54) is 19.3 Å². The summed E-state index contributed by atoms with van der Waals surface area (Å²) >= 11 is 0. The van der Waals surface area contributed by atoms with Gasteiger partial charge in [0.05, 0.1) is 0 Å². The molecule has 1 saturated carbocycles. The number of aromatic nitrogens is 1. The van der Waals surface area contributed by atoms with Gasteiger partial charge in [0.15, 0.2) is 0 Å². The number of hydrogen-bond donors (Lipinski definition) is 1. The number of amides is 2. The minimum atomic E-state index is -0.171. The fourth-order valence-corrected chi connectivity index (χ4v) is 3.36. The second-order valence-corrected chi connectivity index (χ2v) is 6.81. The average molecular weight is 330 g/mol. The monoisotopic (exact) mass is 330 g/mol. The van der Waals surface area contributed by atoms with Crippen LogP contribution in [-0.4, -0.2) is 65.9 Å². The first kappa shape index (κ1) is 16.9. The molecule has 1 aromatic heterocycles. The molecule has 2 aliphatic rings. The summed E-state index contributed by atoms with van der Waals surface area (Å²) < 4.78 is 0. The molecule has 0 aromatic carbocycles. The molecule has 2 fully saturated rings. The molecule has 2 heterocycles. The largest absolute Gasteiger partial charge is 0.348 e. The molecule has 3 rings (SSSR count). The fraction of sp³-hybridized carbons (Fsp3) is 0.611. The molecule has 24 heavy (non-hydrogen) atoms. The highest BCUT2D eigenvalue weighted by atomic mass is 16.2. The number of hydrogen-bond acceptors (Lipinski definition) is 4. The summed E-state index contributed by atoms with van der Waals surface area (Å²) in [6, 6.07) is 5.35. The van der Waals surface area contributed by atoms with Crippen molar-refractivity contribution in [2.24, 2.45) is 0 Å². The van der Waals surface area contributed by atoms with Crippen LogP contribution < -0.4 is 5.32 Å². The van der Waals surface area contributed by atoms with Crippen LogP contribution >= 0.6 is 0 Å². The second kappa shape index (κ2) is 7.75. The minimum Gasteiger partial charge on any atom is -0.348 e. The predicted molar refractivity (Wildman–Crippen MR) is 92.0 cm³/mol. The Morgan fingerprint density at radius 3 is 2.42 bits per heavy atom. The maximum atomic E-state index is 12.6. The van der Waals surface area contributed by atoms with Gasteiger partial charge in [-0.3, -0.25) is 9.59 Å². The van der Waals surface area contributed by atoms with E-state index in [-0.39, 0.29) is 17.9 Å². The van der Waals surface area contributed by atoms with E-state index < -0.39 is 0 Å². The van der Waals surface area contributed by atoms with Crippen LogP contribution in [0.25, 0.3) is 0 Å². The highest BCUT2D eigenvalue weighted by Gasteiger charge is 2.23. The highest BCUT2D eigenvalue weighted by molar-refractivity contribution is 5.96. The molecule has 0 radical (unpaired) electrons. The van der Waals surface area contributed by atoms with Crippen molar-refractivity contribution >= 4 is 11.8 Å². The minimum absolute atomic E-state index is 0.0876. The normalized spacial score (nSPS) is 20.0. The summed E-state index contributed by atoms with van der Waals surface area (Å²) in [7, 11) is 2.05. The molecule has 6 nitrogen and oxygen atoms in total. The topological polar surface area (TPSA) is 65.5 Å². The van der Waals surface area contributed by atoms with Crippen LogP contribution in [-0.2, 0) is 0 Å². The van der Waals surface area contributed by atoms with Gasteiger partial charge in [0, 0.05) is 32.2 Å². The lowest BCUT2D eigenvalue weighted by Crippen LogP contribution is -2.47. The van der Waals surface area contributed by atoms with Crippen LogP contribution in [0.15, 0.2) is 18.2 Å². The van der Waals surface area contributed by atoms with Gasteiger partial charge in [0.2, 0.25) is 0 Å². The Hall–Kier alpha value is -1.95. The molecule has 0 bridgehead atoms. The standard InChI is InChI=1S/C18H26N4O2/c1-21-10-12-22(13-11-21)18(24)16-9-5-8-15(20-16)17(23)19-14-6-3-2-4-7-14/h5,8-9,14H,2-4,6-7,10-13H2,1H3,(H,19,23). The Morgan fingerprint density at radius 2 is 1.71 bits per heavy atom. The van der Waals surface area contributed by atoms with Crippen LogP contribution in [0.4, 0.5) is 0 Å². The number of nitrogens with zero attached hydrogens (tertiary/aromatic N) is 3. The van der Waals surface area contributed by atoms with Crippen LogP contribution in [0, 0.1) is 0 Å². The van der Waals surface area contributed by atoms with E-state index in [1.807, 2.05) is 4.90 Å². The number of rotatable bonds is 3. The molecule has 0 spiro atoms. The maximum Gasteiger partial charge on any atom is 0.272 e. The van der Waals surface area contributed by atoms with Crippen molar-refractivity contribution < 1.29 is 9.59 Å². The summed E-state index contributed by atoms with van der Waals surface area (Å²) in [6.07, 6.45) is 5.65. The van der Waals surface area contributed by atoms with E-state index in [1.54, 1.807) is 18.2 Å². The van der Waals surface area contributed by atoms with Crippen molar-refractivity contribution in [1.29, 1.82) is 0 Å². The first-order chi connectivity index (χ1) is 11.6. The van der Waals surface area contributed by atoms with Gasteiger partial charge in [0.25, 0.3) is 11.8 Å². The number of carbonyl (C=O) groups excluding carboxylic acids is 2. The zero-order chi connectivity index (χ0) is 16.9. The van der Waals surface area contributed by atoms with Crippen LogP contribution in [0.3, 0.4) is 0 Å². The molecule has 1 aromatic rings. The number of piperazine rings is 1. The Kier molecular flexibility index (Phi) is 5.45. The molecule has 1 saturated heterocycles. The molecule has 1 N–H and O–H groups in total. The van der Waals surface area contributed by atoms with Crippen molar-refractivity contribution in [2.45, 2.75) is 38.1 Å². The molecular weight excluding hydrogens is 304 g/mol. The third-order valence-electron chi connectivity index (χ3n) is 4.93.